The summed E-state index contributed by atoms with van der Waals surface area (Å²) in [5, 5.41) is 35.0. The number of aromatic nitrogens is 5. The number of hydrogen-bond donors (Lipinski definition) is 4. The second kappa shape index (κ2) is 42.9. The van der Waals surface area contributed by atoms with Crippen LogP contribution in [0.4, 0.5) is 0 Å². The largest absolute Gasteiger partial charge is 0.462 e. The monoisotopic (exact) mass is 1820 g/mol. The third kappa shape index (κ3) is 23.0. The van der Waals surface area contributed by atoms with Gasteiger partial charge in [-0.3, -0.25) is 9.59 Å². The maximum absolute atomic E-state index is 12.9. The molecule has 0 spiro atoms. The number of aliphatic hydroxyl groups excluding tert-OH is 3. The minimum absolute atomic E-state index is 0.0132. The van der Waals surface area contributed by atoms with Gasteiger partial charge in [-0.2, -0.15) is 0 Å². The first-order valence-electron chi connectivity index (χ1n) is 35.5. The van der Waals surface area contributed by atoms with Gasteiger partial charge in [0.2, 0.25) is 0 Å². The van der Waals surface area contributed by atoms with Crippen LogP contribution >= 0.6 is 142 Å². The maximum atomic E-state index is 12.9. The fourth-order valence-electron chi connectivity index (χ4n) is 12.8. The molecule has 7 aliphatic rings. The first-order chi connectivity index (χ1) is 54.6. The molecule has 23 nitrogen and oxygen atoms in total. The number of fused-ring (bicyclic) bond motifs is 3. The lowest BCUT2D eigenvalue weighted by Gasteiger charge is -2.26. The zero-order chi connectivity index (χ0) is 80.4. The Kier molecular flexibility index (Phi) is 33.6. The van der Waals surface area contributed by atoms with Gasteiger partial charge in [0, 0.05) is 90.6 Å². The molecule has 10 aromatic rings. The van der Waals surface area contributed by atoms with E-state index < -0.39 is 12.4 Å². The molecule has 4 saturated heterocycles. The van der Waals surface area contributed by atoms with Crippen LogP contribution in [0, 0.1) is 34.6 Å². The van der Waals surface area contributed by atoms with Gasteiger partial charge in [-0.15, -0.1) is 56.7 Å². The summed E-state index contributed by atoms with van der Waals surface area (Å²) in [4.78, 5) is 65.4. The summed E-state index contributed by atoms with van der Waals surface area (Å²) in [6.07, 6.45) is 10.4. The first-order valence-corrected chi connectivity index (χ1v) is 42.7. The lowest BCUT2D eigenvalue weighted by molar-refractivity contribution is -0.0416. The van der Waals surface area contributed by atoms with Crippen molar-refractivity contribution in [3.05, 3.63) is 249 Å². The minimum atomic E-state index is -0.830. The van der Waals surface area contributed by atoms with E-state index >= 15 is 0 Å². The third-order valence-corrected chi connectivity index (χ3v) is 25.7. The van der Waals surface area contributed by atoms with E-state index in [9.17, 15) is 24.6 Å². The molecule has 3 atom stereocenters. The molecule has 0 radical (unpaired) electrons. The highest BCUT2D eigenvalue weighted by Gasteiger charge is 2.33. The molecule has 35 heteroatoms. The van der Waals surface area contributed by atoms with Crippen molar-refractivity contribution < 1.29 is 81.8 Å². The number of carbonyl (C=O) groups excluding carboxylic acids is 3. The zero-order valence-electron chi connectivity index (χ0n) is 61.6. The Balaban J connectivity index is 0.000000135. The molecule has 3 unspecified atom stereocenters. The highest BCUT2D eigenvalue weighted by molar-refractivity contribution is 9.10. The number of hydrogen-bond acceptors (Lipinski definition) is 28. The summed E-state index contributed by atoms with van der Waals surface area (Å²) in [5.74, 6) is -0.434. The number of halogens is 7. The van der Waals surface area contributed by atoms with E-state index in [0.29, 0.717) is 134 Å². The number of rotatable bonds is 15. The van der Waals surface area contributed by atoms with Gasteiger partial charge >= 0.3 is 5.97 Å². The predicted octanol–water partition coefficient (Wildman–Crippen LogP) is 17.5. The lowest BCUT2D eigenvalue weighted by atomic mass is 9.95. The molecular formula is C78H79BrCl6N6O17S5. The Labute approximate surface area is 711 Å². The van der Waals surface area contributed by atoms with Crippen molar-refractivity contribution in [1.82, 2.24) is 24.9 Å². The molecule has 0 aromatic carbocycles. The van der Waals surface area contributed by atoms with Crippen molar-refractivity contribution in [3.8, 4) is 0 Å². The Bertz CT molecular complexity index is 4870. The van der Waals surface area contributed by atoms with Crippen molar-refractivity contribution in [2.24, 2.45) is 5.25 Å². The van der Waals surface area contributed by atoms with Crippen LogP contribution in [0.25, 0.3) is 0 Å². The molecular weight excluding hydrogens is 1750 g/mol. The Morgan fingerprint density at radius 3 is 1.42 bits per heavy atom. The molecule has 5 N–H and O–H groups in total. The van der Waals surface area contributed by atoms with Gasteiger partial charge in [-0.1, -0.05) is 58.0 Å². The lowest BCUT2D eigenvalue weighted by Crippen LogP contribution is -2.17. The molecule has 10 aromatic heterocycles. The van der Waals surface area contributed by atoms with Crippen LogP contribution in [0.1, 0.15) is 185 Å². The van der Waals surface area contributed by atoms with Crippen LogP contribution in [-0.4, -0.2) is 144 Å². The van der Waals surface area contributed by atoms with Crippen molar-refractivity contribution in [1.29, 1.82) is 0 Å². The normalized spacial score (nSPS) is 17.5. The van der Waals surface area contributed by atoms with Crippen LogP contribution in [0.15, 0.2) is 96.1 Å². The van der Waals surface area contributed by atoms with E-state index in [1.54, 1.807) is 64.6 Å². The van der Waals surface area contributed by atoms with Crippen LogP contribution in [0.5, 0.6) is 0 Å². The van der Waals surface area contributed by atoms with E-state index in [1.165, 1.54) is 55.3 Å². The summed E-state index contributed by atoms with van der Waals surface area (Å²) in [6.45, 7) is 16.8. The minimum Gasteiger partial charge on any atom is -0.462 e. The molecule has 17 heterocycles. The average Bonchev–Trinajstić information content (AvgIpc) is 1.65. The number of cyclic esters (lactones) is 1. The van der Waals surface area contributed by atoms with E-state index in [2.05, 4.69) is 83.9 Å². The molecule has 0 amide bonds. The van der Waals surface area contributed by atoms with Crippen LogP contribution in [0.2, 0.25) is 25.8 Å². The number of carbonyl (C=O) groups is 3. The van der Waals surface area contributed by atoms with Gasteiger partial charge in [-0.25, -0.2) is 35.0 Å². The van der Waals surface area contributed by atoms with Crippen molar-refractivity contribution in [2.45, 2.75) is 110 Å². The number of aliphatic hydroxyl groups is 3. The SMILES string of the molecule is Cc1sc(C2OCCO2)cc1Br.Cc1sc(C2OCCO2)cc1C(=O)c1cc(Cl)ncc1CCO.Cc1sc(C2OCCO2)cc1C(O)c1cc(Cl)ncc1CCO.Cc1sc(C2OCCO2)cc1C1OCCc2cnc(Cl)cc21.Cc1sc(C=O)cc1C1OCCc2cnc(Cl)cc21.NCl.O=C1OCCc2cnc(Cl)cc21. The molecule has 0 saturated carbocycles. The molecule has 113 heavy (non-hydrogen) atoms. The highest BCUT2D eigenvalue weighted by atomic mass is 79.9. The van der Waals surface area contributed by atoms with Crippen molar-refractivity contribution in [2.75, 3.05) is 85.9 Å². The van der Waals surface area contributed by atoms with E-state index in [4.69, 9.17) is 115 Å². The van der Waals surface area contributed by atoms with Gasteiger partial charge in [0.15, 0.2) is 37.2 Å². The second-order valence-corrected chi connectivity index (χ2v) is 34.8. The number of aryl methyl sites for hydroxylation is 5. The number of ketones is 1. The number of ether oxygens (including phenoxy) is 11. The fraction of sp³-hybridized carbons (Fsp3) is 0.385. The predicted molar refractivity (Wildman–Crippen MR) is 439 cm³/mol. The first kappa shape index (κ1) is 88.5. The van der Waals surface area contributed by atoms with Gasteiger partial charge in [0.1, 0.15) is 44.1 Å². The number of thiophene rings is 5. The van der Waals surface area contributed by atoms with Gasteiger partial charge in [0.05, 0.1) is 103 Å². The van der Waals surface area contributed by atoms with Gasteiger partial charge < -0.3 is 67.4 Å². The Morgan fingerprint density at radius 2 is 0.894 bits per heavy atom. The summed E-state index contributed by atoms with van der Waals surface area (Å²) in [5.41, 5.74) is 12.2. The number of esters is 1. The standard InChI is InChI=1S/C16H18ClNO4S.C16H16ClNO4S.C16H16ClNO3S.C14H12ClNO2S.C8H9BrO2S.C8H6ClNO2.ClH2N/c2*1-9-11(6-13(23-9)16-21-4-5-22-16)15(20)12-7-14(17)18-8-10(12)2-3-19;1-9-11(6-13(22-9)16-20-4-5-21-16)15-12-7-14(17)18-8-10(12)2-3-19-15;1-8-11(4-10(7-17)19-8)14-12-5-13(15)16-6-9(12)2-3-18-14;1-5-6(9)4-7(12-5)8-10-2-3-11-8;9-7-3-6-5(4-10-7)1-2-12-8(6)11;1-2/h6-8,15-16,19-20H,2-5H2,1H3;6-8,16,19H,2-5H2,1H3;6-8,15-16H,2-5H2,1H3;4-7,14H,2-3H2,1H3;4,8H,2-3H2,1H3;3-4H,1-2H2;2H2. The average molecular weight is 1830 g/mol. The van der Waals surface area contributed by atoms with Crippen LogP contribution in [0.3, 0.4) is 0 Å². The van der Waals surface area contributed by atoms with Gasteiger partial charge in [0.25, 0.3) is 0 Å². The van der Waals surface area contributed by atoms with E-state index in [0.717, 1.165) is 102 Å². The molecule has 17 rings (SSSR count). The zero-order valence-corrected chi connectivity index (χ0v) is 71.8. The van der Waals surface area contributed by atoms with E-state index in [1.807, 2.05) is 63.5 Å². The molecule has 4 fully saturated rings. The molecule has 602 valence electrons. The van der Waals surface area contributed by atoms with Crippen molar-refractivity contribution >= 4 is 160 Å². The van der Waals surface area contributed by atoms with E-state index in [-0.39, 0.29) is 61.2 Å². The Hall–Kier alpha value is -5.28. The summed E-state index contributed by atoms with van der Waals surface area (Å²) < 4.78 is 61.9. The second-order valence-electron chi connectivity index (χ2n) is 25.6. The van der Waals surface area contributed by atoms with Crippen molar-refractivity contribution in [3.63, 3.8) is 0 Å². The summed E-state index contributed by atoms with van der Waals surface area (Å²) >= 11 is 45.1. The third-order valence-electron chi connectivity index (χ3n) is 18.3. The molecule has 0 aliphatic carbocycles. The molecule has 7 aliphatic heterocycles. The van der Waals surface area contributed by atoms with Crippen LogP contribution < -0.4 is 5.25 Å². The number of nitrogens with zero attached hydrogens (tertiary/aromatic N) is 5. The fourth-order valence-corrected chi connectivity index (χ4v) is 19.2. The smallest absolute Gasteiger partial charge is 0.338 e. The topological polar surface area (TPSA) is 304 Å². The summed E-state index contributed by atoms with van der Waals surface area (Å²) in [6, 6.07) is 18.4. The number of aldehydes is 1. The van der Waals surface area contributed by atoms with Gasteiger partial charge in [-0.05, 0) is 210 Å². The Morgan fingerprint density at radius 1 is 0.469 bits per heavy atom. The highest BCUT2D eigenvalue weighted by Crippen LogP contribution is 2.44. The quantitative estimate of drug-likeness (QED) is 0.0244. The maximum Gasteiger partial charge on any atom is 0.338 e. The van der Waals surface area contributed by atoms with Crippen LogP contribution in [-0.2, 0) is 84.2 Å². The summed E-state index contributed by atoms with van der Waals surface area (Å²) in [7, 11) is 0. The molecule has 0 bridgehead atoms. The number of pyridine rings is 5. The number of nitrogens with two attached hydrogens (primary N) is 1.